The van der Waals surface area contributed by atoms with Crippen LogP contribution in [0.2, 0.25) is 0 Å². The second-order valence-corrected chi connectivity index (χ2v) is 17.9. The first kappa shape index (κ1) is 38.4. The summed E-state index contributed by atoms with van der Waals surface area (Å²) in [6, 6.07) is 93.0. The molecule has 14 rings (SSSR count). The Morgan fingerprint density at radius 2 is 0.956 bits per heavy atom. The molecular weight excluding hydrogens is 825 g/mol. The van der Waals surface area contributed by atoms with Gasteiger partial charge in [-0.05, 0) is 110 Å². The van der Waals surface area contributed by atoms with Crippen molar-refractivity contribution in [2.75, 3.05) is 4.90 Å². The third kappa shape index (κ3) is 5.54. The molecule has 0 saturated carbocycles. The van der Waals surface area contributed by atoms with E-state index in [9.17, 15) is 0 Å². The molecule has 68 heavy (non-hydrogen) atoms. The Balaban J connectivity index is 0.973. The average Bonchev–Trinajstić information content (AvgIpc) is 3.92. The molecule has 0 atom stereocenters. The van der Waals surface area contributed by atoms with E-state index in [0.717, 1.165) is 50.9 Å². The highest BCUT2D eigenvalue weighted by atomic mass is 16.5. The second kappa shape index (κ2) is 15.1. The fourth-order valence-electron chi connectivity index (χ4n) is 11.6. The van der Waals surface area contributed by atoms with E-state index in [1.54, 1.807) is 0 Å². The molecule has 0 unspecified atom stereocenters. The zero-order chi connectivity index (χ0) is 44.8. The van der Waals surface area contributed by atoms with Gasteiger partial charge in [-0.1, -0.05) is 200 Å². The van der Waals surface area contributed by atoms with Crippen LogP contribution in [0.15, 0.2) is 255 Å². The zero-order valence-electron chi connectivity index (χ0n) is 37.1. The van der Waals surface area contributed by atoms with E-state index in [-0.39, 0.29) is 0 Å². The summed E-state index contributed by atoms with van der Waals surface area (Å²) in [7, 11) is 0. The van der Waals surface area contributed by atoms with Crippen LogP contribution in [-0.2, 0) is 5.41 Å². The number of hydrogen-bond donors (Lipinski definition) is 0. The third-order valence-corrected chi connectivity index (χ3v) is 14.5. The zero-order valence-corrected chi connectivity index (χ0v) is 37.1. The highest BCUT2D eigenvalue weighted by molar-refractivity contribution is 6.14. The van der Waals surface area contributed by atoms with Gasteiger partial charge in [-0.3, -0.25) is 0 Å². The van der Waals surface area contributed by atoms with Gasteiger partial charge in [0, 0.05) is 33.3 Å². The van der Waals surface area contributed by atoms with Crippen molar-refractivity contribution in [2.24, 2.45) is 0 Å². The minimum Gasteiger partial charge on any atom is -0.452 e. The van der Waals surface area contributed by atoms with Gasteiger partial charge in [-0.15, -0.1) is 0 Å². The number of fused-ring (bicyclic) bond motifs is 9. The second-order valence-electron chi connectivity index (χ2n) is 17.9. The van der Waals surface area contributed by atoms with Crippen molar-refractivity contribution in [3.8, 4) is 50.6 Å². The number of aromatic nitrogens is 1. The number of para-hydroxylation sites is 3. The number of nitrogens with zero attached hydrogens (tertiary/aromatic N) is 2. The Bertz CT molecular complexity index is 3880. The predicted octanol–water partition coefficient (Wildman–Crippen LogP) is 17.2. The summed E-state index contributed by atoms with van der Waals surface area (Å²) in [5.74, 6) is 1.73. The number of ether oxygens (including phenoxy) is 1. The molecule has 0 radical (unpaired) electrons. The summed E-state index contributed by atoms with van der Waals surface area (Å²) >= 11 is 0. The molecule has 318 valence electrons. The monoisotopic (exact) mass is 866 g/mol. The minimum atomic E-state index is -0.528. The van der Waals surface area contributed by atoms with Gasteiger partial charge in [0.15, 0.2) is 11.5 Å². The summed E-state index contributed by atoms with van der Waals surface area (Å²) < 4.78 is 9.27. The highest BCUT2D eigenvalue weighted by Crippen LogP contribution is 2.60. The van der Waals surface area contributed by atoms with Crippen LogP contribution in [-0.4, -0.2) is 4.57 Å². The van der Waals surface area contributed by atoms with Gasteiger partial charge in [0.25, 0.3) is 0 Å². The molecule has 3 heteroatoms. The molecule has 0 N–H and O–H groups in total. The Labute approximate surface area is 395 Å². The molecular formula is C65H42N2O. The van der Waals surface area contributed by atoms with Crippen molar-refractivity contribution in [3.63, 3.8) is 0 Å². The Morgan fingerprint density at radius 1 is 0.382 bits per heavy atom. The van der Waals surface area contributed by atoms with Gasteiger partial charge in [0.2, 0.25) is 0 Å². The molecule has 2 aliphatic rings. The van der Waals surface area contributed by atoms with E-state index >= 15 is 0 Å². The Morgan fingerprint density at radius 3 is 1.72 bits per heavy atom. The van der Waals surface area contributed by atoms with E-state index in [2.05, 4.69) is 264 Å². The lowest BCUT2D eigenvalue weighted by Crippen LogP contribution is -2.28. The molecule has 3 nitrogen and oxygen atoms in total. The van der Waals surface area contributed by atoms with Crippen LogP contribution in [0.3, 0.4) is 0 Å². The van der Waals surface area contributed by atoms with E-state index in [4.69, 9.17) is 4.74 Å². The molecule has 0 fully saturated rings. The normalized spacial score (nSPS) is 12.9. The third-order valence-electron chi connectivity index (χ3n) is 14.5. The van der Waals surface area contributed by atoms with Gasteiger partial charge in [-0.2, -0.15) is 0 Å². The average molecular weight is 867 g/mol. The van der Waals surface area contributed by atoms with Crippen molar-refractivity contribution in [3.05, 3.63) is 277 Å². The fraction of sp³-hybridized carbons (Fsp3) is 0.0154. The molecule has 0 spiro atoms. The SMILES string of the molecule is c1ccc(C2(c3ccccc3)c3ccccc3-c3c(N(c4ccc(-c5ccc6c7ccccc7n7c6c5Oc5ccccc5-7)cc4)c4ccc(-c5cccc6ccccc56)cc4)cccc32)cc1. The fourth-order valence-corrected chi connectivity index (χ4v) is 11.6. The first-order valence-corrected chi connectivity index (χ1v) is 23.4. The standard InChI is InChI=1S/C65H42N2O/c1-3-19-46(20-4-1)65(47-21-5-2-6-22-47)56-27-11-9-25-55(56)62-57(65)28-16-31-60(62)66(48-37-33-44(34-38-48)51-26-15-18-43-17-7-8-23-50(43)51)49-39-35-45(36-40-49)52-41-42-54-53-24-10-12-29-58(53)67-59-30-13-14-32-61(59)68-64(52)63(54)67/h1-42H. The van der Waals surface area contributed by atoms with Gasteiger partial charge in [0.1, 0.15) is 0 Å². The quantitative estimate of drug-likeness (QED) is 0.159. The van der Waals surface area contributed by atoms with Gasteiger partial charge < -0.3 is 14.2 Å². The number of rotatable bonds is 7. The summed E-state index contributed by atoms with van der Waals surface area (Å²) in [6.45, 7) is 0. The first-order chi connectivity index (χ1) is 33.8. The van der Waals surface area contributed by atoms with Crippen LogP contribution in [0, 0.1) is 0 Å². The lowest BCUT2D eigenvalue weighted by atomic mass is 9.68. The van der Waals surface area contributed by atoms with Crippen LogP contribution in [0.1, 0.15) is 22.3 Å². The largest absolute Gasteiger partial charge is 0.452 e. The van der Waals surface area contributed by atoms with E-state index in [1.807, 2.05) is 0 Å². The number of hydrogen-bond acceptors (Lipinski definition) is 2. The molecule has 1 aliphatic carbocycles. The van der Waals surface area contributed by atoms with Crippen molar-refractivity contribution in [1.82, 2.24) is 4.57 Å². The molecule has 0 bridgehead atoms. The van der Waals surface area contributed by atoms with Crippen LogP contribution >= 0.6 is 0 Å². The van der Waals surface area contributed by atoms with Crippen LogP contribution in [0.5, 0.6) is 11.5 Å². The van der Waals surface area contributed by atoms with Crippen molar-refractivity contribution < 1.29 is 4.74 Å². The van der Waals surface area contributed by atoms with Crippen LogP contribution in [0.4, 0.5) is 17.1 Å². The molecule has 2 heterocycles. The maximum absolute atomic E-state index is 6.90. The maximum atomic E-state index is 6.90. The first-order valence-electron chi connectivity index (χ1n) is 23.4. The summed E-state index contributed by atoms with van der Waals surface area (Å²) in [6.07, 6.45) is 0. The van der Waals surface area contributed by atoms with Crippen molar-refractivity contribution in [1.29, 1.82) is 0 Å². The molecule has 1 aromatic heterocycles. The lowest BCUT2D eigenvalue weighted by Gasteiger charge is -2.34. The minimum absolute atomic E-state index is 0.528. The van der Waals surface area contributed by atoms with Gasteiger partial charge >= 0.3 is 0 Å². The van der Waals surface area contributed by atoms with Gasteiger partial charge in [-0.25, -0.2) is 0 Å². The maximum Gasteiger partial charge on any atom is 0.160 e. The van der Waals surface area contributed by atoms with Crippen LogP contribution < -0.4 is 9.64 Å². The number of anilines is 3. The highest BCUT2D eigenvalue weighted by Gasteiger charge is 2.47. The molecule has 12 aromatic rings. The molecule has 11 aromatic carbocycles. The van der Waals surface area contributed by atoms with E-state index in [1.165, 1.54) is 71.6 Å². The Kier molecular flexibility index (Phi) is 8.50. The van der Waals surface area contributed by atoms with Crippen molar-refractivity contribution in [2.45, 2.75) is 5.41 Å². The predicted molar refractivity (Wildman–Crippen MR) is 281 cm³/mol. The van der Waals surface area contributed by atoms with E-state index < -0.39 is 5.41 Å². The molecule has 0 amide bonds. The summed E-state index contributed by atoms with van der Waals surface area (Å²) in [4.78, 5) is 2.45. The Hall–Kier alpha value is -8.92. The van der Waals surface area contributed by atoms with Crippen molar-refractivity contribution >= 4 is 49.6 Å². The summed E-state index contributed by atoms with van der Waals surface area (Å²) in [5.41, 5.74) is 18.1. The topological polar surface area (TPSA) is 17.4 Å². The number of benzene rings is 11. The van der Waals surface area contributed by atoms with Gasteiger partial charge in [0.05, 0.1) is 27.8 Å². The molecule has 1 aliphatic heterocycles. The van der Waals surface area contributed by atoms with E-state index in [0.29, 0.717) is 0 Å². The summed E-state index contributed by atoms with van der Waals surface area (Å²) in [5, 5.41) is 4.88. The molecule has 0 saturated heterocycles. The lowest BCUT2D eigenvalue weighted by molar-refractivity contribution is 0.478. The smallest absolute Gasteiger partial charge is 0.160 e. The van der Waals surface area contributed by atoms with Crippen LogP contribution in [0.25, 0.3) is 71.6 Å².